The predicted molar refractivity (Wildman–Crippen MR) is 80.3 cm³/mol. The Kier molecular flexibility index (Phi) is 4.95. The lowest BCUT2D eigenvalue weighted by Crippen LogP contribution is -2.29. The van der Waals surface area contributed by atoms with Crippen molar-refractivity contribution in [3.8, 4) is 5.75 Å². The summed E-state index contributed by atoms with van der Waals surface area (Å²) in [5.74, 6) is -0.836. The number of hydrogen-bond donors (Lipinski definition) is 1. The minimum absolute atomic E-state index is 0.00350. The number of non-ortho nitro benzene ring substituents is 1. The molecule has 2 rings (SSSR count). The molecule has 0 aliphatic rings. The van der Waals surface area contributed by atoms with E-state index in [0.717, 1.165) is 0 Å². The van der Waals surface area contributed by atoms with Crippen LogP contribution >= 0.6 is 11.6 Å². The van der Waals surface area contributed by atoms with Crippen molar-refractivity contribution in [2.45, 2.75) is 12.5 Å². The Morgan fingerprint density at radius 3 is 2.64 bits per heavy atom. The Balaban J connectivity index is 2.17. The summed E-state index contributed by atoms with van der Waals surface area (Å²) in [5, 5.41) is 20.4. The topological polar surface area (TPSA) is 89.7 Å². The Bertz CT molecular complexity index is 704. The van der Waals surface area contributed by atoms with Gasteiger partial charge in [0.2, 0.25) is 0 Å². The van der Waals surface area contributed by atoms with Crippen LogP contribution in [0.5, 0.6) is 5.75 Å². The Morgan fingerprint density at radius 2 is 2.00 bits per heavy atom. The van der Waals surface area contributed by atoms with E-state index in [2.05, 4.69) is 0 Å². The SMILES string of the molecule is O=C(O)[C@H](Cc1cccc([N+](=O)[O-])c1)Oc1cccc(Cl)c1. The summed E-state index contributed by atoms with van der Waals surface area (Å²) in [6.45, 7) is 0. The molecule has 0 bridgehead atoms. The van der Waals surface area contributed by atoms with E-state index in [1.54, 1.807) is 24.3 Å². The molecule has 0 saturated carbocycles. The number of nitro groups is 1. The molecule has 7 heteroatoms. The molecule has 1 atom stereocenters. The average Bonchev–Trinajstić information content (AvgIpc) is 2.47. The van der Waals surface area contributed by atoms with Gasteiger partial charge < -0.3 is 9.84 Å². The van der Waals surface area contributed by atoms with Crippen LogP contribution in [0.1, 0.15) is 5.56 Å². The fourth-order valence-corrected chi connectivity index (χ4v) is 2.08. The first-order chi connectivity index (χ1) is 10.5. The quantitative estimate of drug-likeness (QED) is 0.651. The van der Waals surface area contributed by atoms with Crippen molar-refractivity contribution in [2.75, 3.05) is 0 Å². The molecule has 22 heavy (non-hydrogen) atoms. The Morgan fingerprint density at radius 1 is 1.27 bits per heavy atom. The van der Waals surface area contributed by atoms with Gasteiger partial charge in [-0.1, -0.05) is 29.8 Å². The first-order valence-electron chi connectivity index (χ1n) is 6.34. The normalized spacial score (nSPS) is 11.7. The van der Waals surface area contributed by atoms with Crippen LogP contribution in [0.4, 0.5) is 5.69 Å². The largest absolute Gasteiger partial charge is 0.478 e. The number of aliphatic carboxylic acids is 1. The molecular weight excluding hydrogens is 310 g/mol. The third-order valence-corrected chi connectivity index (χ3v) is 3.13. The van der Waals surface area contributed by atoms with Gasteiger partial charge in [0, 0.05) is 23.6 Å². The van der Waals surface area contributed by atoms with E-state index in [1.165, 1.54) is 24.3 Å². The van der Waals surface area contributed by atoms with Crippen LogP contribution < -0.4 is 4.74 Å². The third-order valence-electron chi connectivity index (χ3n) is 2.89. The molecule has 0 aromatic heterocycles. The molecule has 0 unspecified atom stereocenters. The van der Waals surface area contributed by atoms with Crippen molar-refractivity contribution >= 4 is 23.3 Å². The molecule has 0 saturated heterocycles. The second-order valence-electron chi connectivity index (χ2n) is 4.53. The van der Waals surface area contributed by atoms with Gasteiger partial charge in [0.1, 0.15) is 5.75 Å². The molecule has 0 aliphatic carbocycles. The summed E-state index contributed by atoms with van der Waals surface area (Å²) >= 11 is 5.82. The van der Waals surface area contributed by atoms with Crippen molar-refractivity contribution in [3.05, 3.63) is 69.2 Å². The molecule has 114 valence electrons. The smallest absolute Gasteiger partial charge is 0.345 e. The van der Waals surface area contributed by atoms with Gasteiger partial charge in [-0.15, -0.1) is 0 Å². The zero-order chi connectivity index (χ0) is 16.1. The van der Waals surface area contributed by atoms with Gasteiger partial charge in [0.05, 0.1) is 4.92 Å². The summed E-state index contributed by atoms with van der Waals surface area (Å²) in [6, 6.07) is 12.2. The molecule has 0 spiro atoms. The van der Waals surface area contributed by atoms with Crippen LogP contribution in [-0.2, 0) is 11.2 Å². The minimum atomic E-state index is -1.17. The van der Waals surface area contributed by atoms with Crippen molar-refractivity contribution in [2.24, 2.45) is 0 Å². The van der Waals surface area contributed by atoms with Gasteiger partial charge in [0.15, 0.2) is 6.10 Å². The highest BCUT2D eigenvalue weighted by molar-refractivity contribution is 6.30. The highest BCUT2D eigenvalue weighted by atomic mass is 35.5. The fraction of sp³-hybridized carbons (Fsp3) is 0.133. The summed E-state index contributed by atoms with van der Waals surface area (Å²) in [6.07, 6.45) is -1.16. The number of halogens is 1. The summed E-state index contributed by atoms with van der Waals surface area (Å²) in [5.41, 5.74) is 0.410. The van der Waals surface area contributed by atoms with Gasteiger partial charge in [-0.2, -0.15) is 0 Å². The van der Waals surface area contributed by atoms with Crippen molar-refractivity contribution < 1.29 is 19.6 Å². The Hall–Kier alpha value is -2.60. The van der Waals surface area contributed by atoms with Crippen molar-refractivity contribution in [1.82, 2.24) is 0 Å². The third kappa shape index (κ3) is 4.20. The van der Waals surface area contributed by atoms with Crippen LogP contribution in [0, 0.1) is 10.1 Å². The van der Waals surface area contributed by atoms with E-state index < -0.39 is 17.0 Å². The average molecular weight is 322 g/mol. The van der Waals surface area contributed by atoms with Crippen LogP contribution in [0.2, 0.25) is 5.02 Å². The molecule has 2 aromatic carbocycles. The number of ether oxygens (including phenoxy) is 1. The summed E-state index contributed by atoms with van der Waals surface area (Å²) < 4.78 is 5.41. The number of nitro benzene ring substituents is 1. The number of nitrogens with zero attached hydrogens (tertiary/aromatic N) is 1. The Labute approximate surface area is 131 Å². The number of rotatable bonds is 6. The number of carboxylic acid groups (broad SMARTS) is 1. The standard InChI is InChI=1S/C15H12ClNO5/c16-11-4-2-6-13(9-11)22-14(15(18)19)8-10-3-1-5-12(7-10)17(20)21/h1-7,9,14H,8H2,(H,18,19)/t14-/m0/s1. The fourth-order valence-electron chi connectivity index (χ4n) is 1.90. The van der Waals surface area contributed by atoms with Crippen LogP contribution in [0.15, 0.2) is 48.5 Å². The lowest BCUT2D eigenvalue weighted by molar-refractivity contribution is -0.384. The molecular formula is C15H12ClNO5. The highest BCUT2D eigenvalue weighted by Gasteiger charge is 2.21. The monoisotopic (exact) mass is 321 g/mol. The van der Waals surface area contributed by atoms with E-state index in [1.807, 2.05) is 0 Å². The van der Waals surface area contributed by atoms with Crippen molar-refractivity contribution in [1.29, 1.82) is 0 Å². The van der Waals surface area contributed by atoms with E-state index >= 15 is 0 Å². The maximum Gasteiger partial charge on any atom is 0.345 e. The van der Waals surface area contributed by atoms with Crippen LogP contribution in [0.3, 0.4) is 0 Å². The number of carbonyl (C=O) groups is 1. The molecule has 0 amide bonds. The summed E-state index contributed by atoms with van der Waals surface area (Å²) in [4.78, 5) is 21.5. The van der Waals surface area contributed by atoms with Crippen LogP contribution in [0.25, 0.3) is 0 Å². The molecule has 0 fully saturated rings. The molecule has 1 N–H and O–H groups in total. The van der Waals surface area contributed by atoms with E-state index in [0.29, 0.717) is 16.3 Å². The summed E-state index contributed by atoms with van der Waals surface area (Å²) in [7, 11) is 0. The highest BCUT2D eigenvalue weighted by Crippen LogP contribution is 2.21. The molecule has 6 nitrogen and oxygen atoms in total. The molecule has 0 heterocycles. The van der Waals surface area contributed by atoms with E-state index in [-0.39, 0.29) is 12.1 Å². The minimum Gasteiger partial charge on any atom is -0.478 e. The lowest BCUT2D eigenvalue weighted by Gasteiger charge is -2.15. The number of hydrogen-bond acceptors (Lipinski definition) is 4. The maximum absolute atomic E-state index is 11.3. The first-order valence-corrected chi connectivity index (χ1v) is 6.72. The van der Waals surface area contributed by atoms with Crippen molar-refractivity contribution in [3.63, 3.8) is 0 Å². The van der Waals surface area contributed by atoms with Gasteiger partial charge in [-0.05, 0) is 23.8 Å². The zero-order valence-electron chi connectivity index (χ0n) is 11.3. The van der Waals surface area contributed by atoms with E-state index in [4.69, 9.17) is 16.3 Å². The number of carboxylic acids is 1. The molecule has 0 aliphatic heterocycles. The second-order valence-corrected chi connectivity index (χ2v) is 4.97. The zero-order valence-corrected chi connectivity index (χ0v) is 12.1. The van der Waals surface area contributed by atoms with E-state index in [9.17, 15) is 20.0 Å². The molecule has 2 aromatic rings. The van der Waals surface area contributed by atoms with Gasteiger partial charge in [0.25, 0.3) is 5.69 Å². The maximum atomic E-state index is 11.3. The number of benzene rings is 2. The first kappa shape index (κ1) is 15.8. The van der Waals surface area contributed by atoms with Crippen LogP contribution in [-0.4, -0.2) is 22.1 Å². The second kappa shape index (κ2) is 6.91. The predicted octanol–water partition coefficient (Wildman–Crippen LogP) is 3.32. The lowest BCUT2D eigenvalue weighted by atomic mass is 10.1. The van der Waals surface area contributed by atoms with Gasteiger partial charge in [-0.3, -0.25) is 10.1 Å². The molecule has 0 radical (unpaired) electrons. The van der Waals surface area contributed by atoms with Gasteiger partial charge >= 0.3 is 5.97 Å². The van der Waals surface area contributed by atoms with Gasteiger partial charge in [-0.25, -0.2) is 4.79 Å².